The van der Waals surface area contributed by atoms with E-state index in [1.165, 1.54) is 6.92 Å². The SMILES string of the molecule is C[C@]1(O)C[C@H](O)[C@@H](N)C(C(O)[C@H](O)CO)O1. The molecule has 7 heteroatoms. The molecular weight excluding hydrogens is 218 g/mol. The number of nitrogens with two attached hydrogens (primary N) is 1. The lowest BCUT2D eigenvalue weighted by molar-refractivity contribution is -0.289. The molecule has 1 saturated heterocycles. The topological polar surface area (TPSA) is 136 Å². The van der Waals surface area contributed by atoms with Crippen LogP contribution in [0.2, 0.25) is 0 Å². The summed E-state index contributed by atoms with van der Waals surface area (Å²) in [5.74, 6) is -1.61. The van der Waals surface area contributed by atoms with Gasteiger partial charge in [0.15, 0.2) is 5.79 Å². The number of aliphatic hydroxyl groups excluding tert-OH is 4. The summed E-state index contributed by atoms with van der Waals surface area (Å²) in [6.45, 7) is 0.666. The Bertz CT molecular complexity index is 236. The van der Waals surface area contributed by atoms with Gasteiger partial charge in [-0.15, -0.1) is 0 Å². The van der Waals surface area contributed by atoms with E-state index in [2.05, 4.69) is 0 Å². The quantitative estimate of drug-likeness (QED) is 0.305. The standard InChI is InChI=1S/C9H19NO6/c1-9(15)2-4(12)6(10)8(16-9)7(14)5(13)3-11/h4-8,11-15H,2-3,10H2,1H3/t4-,5+,6+,7?,8?,9+/m0/s1. The number of ether oxygens (including phenoxy) is 1. The van der Waals surface area contributed by atoms with Crippen LogP contribution in [0.15, 0.2) is 0 Å². The summed E-state index contributed by atoms with van der Waals surface area (Å²) in [7, 11) is 0. The Morgan fingerprint density at radius 1 is 1.50 bits per heavy atom. The summed E-state index contributed by atoms with van der Waals surface area (Å²) in [5, 5.41) is 46.8. The molecule has 1 rings (SSSR count). The first-order chi connectivity index (χ1) is 7.28. The Balaban J connectivity index is 2.77. The maximum Gasteiger partial charge on any atom is 0.165 e. The predicted octanol–water partition coefficient (Wildman–Crippen LogP) is -3.11. The first-order valence-corrected chi connectivity index (χ1v) is 5.09. The van der Waals surface area contributed by atoms with Gasteiger partial charge in [0.1, 0.15) is 18.3 Å². The van der Waals surface area contributed by atoms with E-state index in [1.807, 2.05) is 0 Å². The van der Waals surface area contributed by atoms with E-state index in [0.29, 0.717) is 0 Å². The van der Waals surface area contributed by atoms with Crippen molar-refractivity contribution in [3.63, 3.8) is 0 Å². The molecule has 6 atom stereocenters. The third kappa shape index (κ3) is 2.89. The Hall–Kier alpha value is -0.280. The van der Waals surface area contributed by atoms with Crippen molar-refractivity contribution in [3.8, 4) is 0 Å². The molecule has 1 aliphatic rings. The normalized spacial score (nSPS) is 44.1. The molecule has 1 fully saturated rings. The first kappa shape index (κ1) is 13.8. The van der Waals surface area contributed by atoms with Gasteiger partial charge in [-0.25, -0.2) is 0 Å². The molecule has 0 amide bonds. The zero-order valence-electron chi connectivity index (χ0n) is 9.02. The van der Waals surface area contributed by atoms with Gasteiger partial charge in [-0.3, -0.25) is 0 Å². The van der Waals surface area contributed by atoms with Gasteiger partial charge in [0.05, 0.1) is 18.8 Å². The second-order valence-electron chi connectivity index (χ2n) is 4.35. The Kier molecular flexibility index (Phi) is 4.24. The second-order valence-corrected chi connectivity index (χ2v) is 4.35. The van der Waals surface area contributed by atoms with Crippen LogP contribution in [0, 0.1) is 0 Å². The molecule has 0 aliphatic carbocycles. The van der Waals surface area contributed by atoms with Gasteiger partial charge in [-0.1, -0.05) is 0 Å². The van der Waals surface area contributed by atoms with Crippen LogP contribution in [0.3, 0.4) is 0 Å². The minimum Gasteiger partial charge on any atom is -0.394 e. The highest BCUT2D eigenvalue weighted by atomic mass is 16.6. The van der Waals surface area contributed by atoms with Crippen LogP contribution in [-0.4, -0.2) is 68.4 Å². The van der Waals surface area contributed by atoms with Crippen LogP contribution < -0.4 is 5.73 Å². The Labute approximate surface area is 93.1 Å². The van der Waals surface area contributed by atoms with Gasteiger partial charge < -0.3 is 36.0 Å². The van der Waals surface area contributed by atoms with Crippen LogP contribution in [0.4, 0.5) is 0 Å². The molecular formula is C9H19NO6. The third-order valence-corrected chi connectivity index (χ3v) is 2.72. The number of hydrogen-bond donors (Lipinski definition) is 6. The van der Waals surface area contributed by atoms with E-state index >= 15 is 0 Å². The highest BCUT2D eigenvalue weighted by Gasteiger charge is 2.45. The van der Waals surface area contributed by atoms with E-state index < -0.39 is 42.9 Å². The van der Waals surface area contributed by atoms with Gasteiger partial charge in [-0.05, 0) is 6.92 Å². The van der Waals surface area contributed by atoms with Crippen molar-refractivity contribution in [2.24, 2.45) is 5.73 Å². The molecule has 1 aliphatic heterocycles. The summed E-state index contributed by atoms with van der Waals surface area (Å²) >= 11 is 0. The fourth-order valence-electron chi connectivity index (χ4n) is 1.79. The highest BCUT2D eigenvalue weighted by Crippen LogP contribution is 2.28. The summed E-state index contributed by atoms with van der Waals surface area (Å²) in [4.78, 5) is 0. The summed E-state index contributed by atoms with van der Waals surface area (Å²) in [6, 6.07) is -0.934. The number of rotatable bonds is 3. The van der Waals surface area contributed by atoms with E-state index in [-0.39, 0.29) is 6.42 Å². The molecule has 7 nitrogen and oxygen atoms in total. The number of hydrogen-bond acceptors (Lipinski definition) is 7. The van der Waals surface area contributed by atoms with Crippen molar-refractivity contribution in [3.05, 3.63) is 0 Å². The van der Waals surface area contributed by atoms with Crippen LogP contribution in [0.5, 0.6) is 0 Å². The van der Waals surface area contributed by atoms with E-state index in [9.17, 15) is 20.4 Å². The minimum absolute atomic E-state index is 0.0768. The maximum absolute atomic E-state index is 9.64. The van der Waals surface area contributed by atoms with Crippen molar-refractivity contribution in [2.45, 2.75) is 49.6 Å². The molecule has 0 saturated carbocycles. The Morgan fingerprint density at radius 3 is 2.56 bits per heavy atom. The molecule has 1 heterocycles. The molecule has 7 N–H and O–H groups in total. The van der Waals surface area contributed by atoms with Crippen molar-refractivity contribution in [1.29, 1.82) is 0 Å². The van der Waals surface area contributed by atoms with Crippen molar-refractivity contribution in [2.75, 3.05) is 6.61 Å². The van der Waals surface area contributed by atoms with E-state index in [4.69, 9.17) is 15.6 Å². The van der Waals surface area contributed by atoms with Crippen LogP contribution in [0.1, 0.15) is 13.3 Å². The fourth-order valence-corrected chi connectivity index (χ4v) is 1.79. The highest BCUT2D eigenvalue weighted by molar-refractivity contribution is 4.95. The van der Waals surface area contributed by atoms with E-state index in [0.717, 1.165) is 0 Å². The average molecular weight is 237 g/mol. The molecule has 0 radical (unpaired) electrons. The van der Waals surface area contributed by atoms with Gasteiger partial charge in [-0.2, -0.15) is 0 Å². The van der Waals surface area contributed by atoms with Gasteiger partial charge in [0.25, 0.3) is 0 Å². The monoisotopic (exact) mass is 237 g/mol. The smallest absolute Gasteiger partial charge is 0.165 e. The minimum atomic E-state index is -1.61. The van der Waals surface area contributed by atoms with Crippen LogP contribution >= 0.6 is 0 Å². The number of aliphatic hydroxyl groups is 5. The van der Waals surface area contributed by atoms with Crippen LogP contribution in [-0.2, 0) is 4.74 Å². The first-order valence-electron chi connectivity index (χ1n) is 5.09. The van der Waals surface area contributed by atoms with Gasteiger partial charge >= 0.3 is 0 Å². The third-order valence-electron chi connectivity index (χ3n) is 2.72. The lowest BCUT2D eigenvalue weighted by Gasteiger charge is -2.43. The molecule has 0 aromatic heterocycles. The molecule has 96 valence electrons. The van der Waals surface area contributed by atoms with Crippen LogP contribution in [0.25, 0.3) is 0 Å². The summed E-state index contributed by atoms with van der Waals surface area (Å²) in [5.41, 5.74) is 5.60. The largest absolute Gasteiger partial charge is 0.394 e. The molecule has 0 aromatic rings. The van der Waals surface area contributed by atoms with E-state index in [1.54, 1.807) is 0 Å². The lowest BCUT2D eigenvalue weighted by Crippen LogP contribution is -2.63. The molecule has 0 spiro atoms. The van der Waals surface area contributed by atoms with Crippen molar-refractivity contribution < 1.29 is 30.3 Å². The fraction of sp³-hybridized carbons (Fsp3) is 1.00. The van der Waals surface area contributed by atoms with Gasteiger partial charge in [0.2, 0.25) is 0 Å². The Morgan fingerprint density at radius 2 is 2.06 bits per heavy atom. The van der Waals surface area contributed by atoms with Crippen molar-refractivity contribution >= 4 is 0 Å². The predicted molar refractivity (Wildman–Crippen MR) is 53.2 cm³/mol. The molecule has 0 aromatic carbocycles. The van der Waals surface area contributed by atoms with Gasteiger partial charge in [0, 0.05) is 6.42 Å². The van der Waals surface area contributed by atoms with Crippen molar-refractivity contribution in [1.82, 2.24) is 0 Å². The second kappa shape index (κ2) is 4.92. The average Bonchev–Trinajstić information content (AvgIpc) is 2.20. The zero-order valence-corrected chi connectivity index (χ0v) is 9.02. The maximum atomic E-state index is 9.64. The molecule has 0 bridgehead atoms. The molecule has 16 heavy (non-hydrogen) atoms. The zero-order chi connectivity index (χ0) is 12.5. The molecule has 2 unspecified atom stereocenters. The summed E-state index contributed by atoms with van der Waals surface area (Å²) in [6.07, 6.45) is -5.17. The summed E-state index contributed by atoms with van der Waals surface area (Å²) < 4.78 is 5.09. The lowest BCUT2D eigenvalue weighted by atomic mass is 9.90.